The zero-order chi connectivity index (χ0) is 14.1. The molecule has 0 aliphatic rings. The van der Waals surface area contributed by atoms with Crippen molar-refractivity contribution in [3.8, 4) is 5.75 Å². The van der Waals surface area contributed by atoms with Crippen LogP contribution in [0.5, 0.6) is 5.75 Å². The van der Waals surface area contributed by atoms with Gasteiger partial charge in [0.2, 0.25) is 5.13 Å². The third-order valence-electron chi connectivity index (χ3n) is 2.70. The average Bonchev–Trinajstić information content (AvgIpc) is 2.86. The maximum atomic E-state index is 10.0. The molecular weight excluding hydrogens is 404 g/mol. The van der Waals surface area contributed by atoms with Crippen molar-refractivity contribution >= 4 is 64.8 Å². The summed E-state index contributed by atoms with van der Waals surface area (Å²) in [6.45, 7) is 0. The van der Waals surface area contributed by atoms with Crippen LogP contribution in [0.4, 0.5) is 5.13 Å². The van der Waals surface area contributed by atoms with Crippen LogP contribution in [-0.4, -0.2) is 16.3 Å². The topological polar surface area (TPSA) is 45.5 Å². The first-order chi connectivity index (χ1) is 9.65. The van der Waals surface area contributed by atoms with Gasteiger partial charge in [0.05, 0.1) is 20.3 Å². The highest BCUT2D eigenvalue weighted by molar-refractivity contribution is 9.11. The number of para-hydroxylation sites is 1. The highest BCUT2D eigenvalue weighted by atomic mass is 79.9. The smallest absolute Gasteiger partial charge is 0.210 e. The summed E-state index contributed by atoms with van der Waals surface area (Å²) in [7, 11) is 0. The Morgan fingerprint density at radius 1 is 1.10 bits per heavy atom. The Labute approximate surface area is 136 Å². The van der Waals surface area contributed by atoms with Crippen LogP contribution >= 0.6 is 43.2 Å². The molecule has 0 atom stereocenters. The van der Waals surface area contributed by atoms with Crippen molar-refractivity contribution in [2.75, 3.05) is 0 Å². The fourth-order valence-electron chi connectivity index (χ4n) is 1.71. The molecule has 0 amide bonds. The van der Waals surface area contributed by atoms with Gasteiger partial charge in [0.15, 0.2) is 0 Å². The molecule has 0 unspecified atom stereocenters. The number of rotatable bonds is 2. The van der Waals surface area contributed by atoms with Crippen molar-refractivity contribution in [3.63, 3.8) is 0 Å². The van der Waals surface area contributed by atoms with Crippen molar-refractivity contribution in [3.05, 3.63) is 50.9 Å². The lowest BCUT2D eigenvalue weighted by Crippen LogP contribution is -1.85. The number of thiazole rings is 1. The number of benzene rings is 2. The number of halogens is 2. The van der Waals surface area contributed by atoms with Crippen LogP contribution in [0.1, 0.15) is 5.56 Å². The summed E-state index contributed by atoms with van der Waals surface area (Å²) in [5, 5.41) is 10.7. The molecule has 100 valence electrons. The van der Waals surface area contributed by atoms with Crippen molar-refractivity contribution in [1.29, 1.82) is 0 Å². The molecule has 0 aliphatic heterocycles. The van der Waals surface area contributed by atoms with Gasteiger partial charge in [0.25, 0.3) is 0 Å². The van der Waals surface area contributed by atoms with E-state index in [4.69, 9.17) is 0 Å². The SMILES string of the molecule is Oc1c(Br)ccc(Br)c1/C=N/c1nc2ccccc2s1. The minimum Gasteiger partial charge on any atom is -0.506 e. The summed E-state index contributed by atoms with van der Waals surface area (Å²) in [4.78, 5) is 8.77. The van der Waals surface area contributed by atoms with Gasteiger partial charge in [0.1, 0.15) is 5.75 Å². The third-order valence-corrected chi connectivity index (χ3v) is 4.98. The quantitative estimate of drug-likeness (QED) is 0.583. The molecule has 0 bridgehead atoms. The van der Waals surface area contributed by atoms with E-state index in [1.54, 1.807) is 12.3 Å². The minimum atomic E-state index is 0.157. The summed E-state index contributed by atoms with van der Waals surface area (Å²) in [6.07, 6.45) is 1.61. The van der Waals surface area contributed by atoms with Crippen molar-refractivity contribution in [2.24, 2.45) is 4.99 Å². The minimum absolute atomic E-state index is 0.157. The summed E-state index contributed by atoms with van der Waals surface area (Å²) < 4.78 is 2.51. The molecule has 3 rings (SSSR count). The largest absolute Gasteiger partial charge is 0.506 e. The number of phenols is 1. The zero-order valence-corrected chi connectivity index (χ0v) is 14.0. The van der Waals surface area contributed by atoms with E-state index >= 15 is 0 Å². The van der Waals surface area contributed by atoms with Crippen LogP contribution in [0.3, 0.4) is 0 Å². The molecule has 6 heteroatoms. The van der Waals surface area contributed by atoms with E-state index in [0.29, 0.717) is 15.2 Å². The molecule has 0 aliphatic carbocycles. The van der Waals surface area contributed by atoms with Crippen molar-refractivity contribution in [1.82, 2.24) is 4.98 Å². The lowest BCUT2D eigenvalue weighted by molar-refractivity contribution is 0.470. The average molecular weight is 412 g/mol. The number of phenolic OH excluding ortho intramolecular Hbond substituents is 1. The number of aromatic nitrogens is 1. The van der Waals surface area contributed by atoms with E-state index in [9.17, 15) is 5.11 Å². The summed E-state index contributed by atoms with van der Waals surface area (Å²) >= 11 is 8.20. The van der Waals surface area contributed by atoms with E-state index in [-0.39, 0.29) is 5.75 Å². The molecule has 1 N–H and O–H groups in total. The van der Waals surface area contributed by atoms with Crippen LogP contribution in [-0.2, 0) is 0 Å². The predicted octanol–water partition coefficient (Wildman–Crippen LogP) is 5.28. The Morgan fingerprint density at radius 2 is 1.85 bits per heavy atom. The monoisotopic (exact) mass is 410 g/mol. The van der Waals surface area contributed by atoms with E-state index in [2.05, 4.69) is 41.8 Å². The number of hydrogen-bond donors (Lipinski definition) is 1. The second-order valence-electron chi connectivity index (χ2n) is 4.01. The highest BCUT2D eigenvalue weighted by Gasteiger charge is 2.08. The van der Waals surface area contributed by atoms with E-state index in [1.807, 2.05) is 30.3 Å². The van der Waals surface area contributed by atoms with Gasteiger partial charge < -0.3 is 5.11 Å². The van der Waals surface area contributed by atoms with E-state index < -0.39 is 0 Å². The maximum Gasteiger partial charge on any atom is 0.210 e. The fourth-order valence-corrected chi connectivity index (χ4v) is 3.29. The molecule has 2 aromatic carbocycles. The first-order valence-corrected chi connectivity index (χ1v) is 8.12. The van der Waals surface area contributed by atoms with Gasteiger partial charge in [-0.2, -0.15) is 0 Å². The van der Waals surface area contributed by atoms with Crippen LogP contribution in [0, 0.1) is 0 Å². The summed E-state index contributed by atoms with van der Waals surface area (Å²) in [6, 6.07) is 11.5. The molecule has 0 spiro atoms. The predicted molar refractivity (Wildman–Crippen MR) is 90.4 cm³/mol. The van der Waals surface area contributed by atoms with Gasteiger partial charge in [-0.05, 0) is 56.1 Å². The van der Waals surface area contributed by atoms with Gasteiger partial charge in [-0.1, -0.05) is 23.5 Å². The highest BCUT2D eigenvalue weighted by Crippen LogP contribution is 2.33. The van der Waals surface area contributed by atoms with Crippen LogP contribution in [0.15, 0.2) is 50.3 Å². The zero-order valence-electron chi connectivity index (χ0n) is 10.0. The molecule has 3 nitrogen and oxygen atoms in total. The van der Waals surface area contributed by atoms with Gasteiger partial charge in [-0.15, -0.1) is 0 Å². The first kappa shape index (κ1) is 13.7. The second kappa shape index (κ2) is 5.63. The Balaban J connectivity index is 2.00. The molecule has 0 radical (unpaired) electrons. The number of nitrogens with zero attached hydrogens (tertiary/aromatic N) is 2. The Kier molecular flexibility index (Phi) is 3.87. The van der Waals surface area contributed by atoms with Gasteiger partial charge in [0, 0.05) is 10.7 Å². The van der Waals surface area contributed by atoms with Crippen molar-refractivity contribution < 1.29 is 5.11 Å². The van der Waals surface area contributed by atoms with E-state index in [1.165, 1.54) is 11.3 Å². The molecule has 1 heterocycles. The molecular formula is C14H8Br2N2OS. The number of aromatic hydroxyl groups is 1. The maximum absolute atomic E-state index is 10.0. The van der Waals surface area contributed by atoms with E-state index in [0.717, 1.165) is 14.7 Å². The Bertz CT molecular complexity index is 781. The van der Waals surface area contributed by atoms with Crippen LogP contribution in [0.2, 0.25) is 0 Å². The molecule has 3 aromatic rings. The first-order valence-electron chi connectivity index (χ1n) is 5.72. The number of hydrogen-bond acceptors (Lipinski definition) is 4. The summed E-state index contributed by atoms with van der Waals surface area (Å²) in [5.74, 6) is 0.157. The standard InChI is InChI=1S/C14H8Br2N2OS/c15-9-5-6-10(16)13(19)8(9)7-17-14-18-11-3-1-2-4-12(11)20-14/h1-7,19H/b17-7+. The number of aliphatic imine (C=N–C) groups is 1. The lowest BCUT2D eigenvalue weighted by Gasteiger charge is -2.03. The fraction of sp³-hybridized carbons (Fsp3) is 0. The van der Waals surface area contributed by atoms with Crippen LogP contribution in [0.25, 0.3) is 10.2 Å². The molecule has 20 heavy (non-hydrogen) atoms. The summed E-state index contributed by atoms with van der Waals surface area (Å²) in [5.41, 5.74) is 1.56. The molecule has 0 saturated heterocycles. The Hall–Kier alpha value is -1.24. The second-order valence-corrected chi connectivity index (χ2v) is 6.73. The lowest BCUT2D eigenvalue weighted by atomic mass is 10.2. The molecule has 0 fully saturated rings. The van der Waals surface area contributed by atoms with Gasteiger partial charge >= 0.3 is 0 Å². The molecule has 0 saturated carbocycles. The Morgan fingerprint density at radius 3 is 2.65 bits per heavy atom. The normalized spacial score (nSPS) is 11.5. The third kappa shape index (κ3) is 2.63. The molecule has 1 aromatic heterocycles. The van der Waals surface area contributed by atoms with Crippen LogP contribution < -0.4 is 0 Å². The van der Waals surface area contributed by atoms with Gasteiger partial charge in [-0.3, -0.25) is 0 Å². The van der Waals surface area contributed by atoms with Gasteiger partial charge in [-0.25, -0.2) is 9.98 Å². The van der Waals surface area contributed by atoms with Crippen molar-refractivity contribution in [2.45, 2.75) is 0 Å². The number of fused-ring (bicyclic) bond motifs is 1.